The van der Waals surface area contributed by atoms with E-state index in [0.717, 1.165) is 0 Å². The molecule has 3 N–H and O–H groups in total. The molecule has 0 aliphatic rings. The Morgan fingerprint density at radius 3 is 2.72 bits per heavy atom. The van der Waals surface area contributed by atoms with Crippen molar-refractivity contribution in [2.75, 3.05) is 12.3 Å². The van der Waals surface area contributed by atoms with Crippen LogP contribution in [-0.4, -0.2) is 19.5 Å². The molecule has 1 aromatic heterocycles. The predicted molar refractivity (Wildman–Crippen MR) is 66.7 cm³/mol. The van der Waals surface area contributed by atoms with Crippen molar-refractivity contribution in [1.29, 1.82) is 0 Å². The SMILES string of the molecule is CCNS(=O)(=O)c1cc(N)c2c(c1)oc(=O)n2C. The molecular weight excluding hydrogens is 258 g/mol. The molecule has 2 aromatic rings. The quantitative estimate of drug-likeness (QED) is 0.765. The lowest BCUT2D eigenvalue weighted by Crippen LogP contribution is -2.23. The molecule has 0 spiro atoms. The number of aromatic nitrogens is 1. The Morgan fingerprint density at radius 1 is 1.44 bits per heavy atom. The van der Waals surface area contributed by atoms with Gasteiger partial charge in [0.05, 0.1) is 10.6 Å². The van der Waals surface area contributed by atoms with Crippen LogP contribution < -0.4 is 16.2 Å². The number of hydrogen-bond donors (Lipinski definition) is 2. The smallest absolute Gasteiger partial charge is 0.408 e. The maximum atomic E-state index is 11.8. The van der Waals surface area contributed by atoms with E-state index in [4.69, 9.17) is 10.2 Å². The van der Waals surface area contributed by atoms with Crippen molar-refractivity contribution in [2.24, 2.45) is 7.05 Å². The van der Waals surface area contributed by atoms with Crippen molar-refractivity contribution in [3.05, 3.63) is 22.7 Å². The van der Waals surface area contributed by atoms with Crippen LogP contribution in [0.4, 0.5) is 5.69 Å². The van der Waals surface area contributed by atoms with Crippen LogP contribution in [0.15, 0.2) is 26.2 Å². The number of nitrogens with one attached hydrogen (secondary N) is 1. The van der Waals surface area contributed by atoms with E-state index in [-0.39, 0.29) is 22.7 Å². The van der Waals surface area contributed by atoms with Crippen molar-refractivity contribution in [3.8, 4) is 0 Å². The minimum absolute atomic E-state index is 0.0244. The maximum Gasteiger partial charge on any atom is 0.419 e. The molecule has 1 heterocycles. The zero-order chi connectivity index (χ0) is 13.5. The van der Waals surface area contributed by atoms with Gasteiger partial charge in [-0.15, -0.1) is 0 Å². The number of nitrogens with two attached hydrogens (primary N) is 1. The molecule has 98 valence electrons. The fraction of sp³-hybridized carbons (Fsp3) is 0.300. The van der Waals surface area contributed by atoms with E-state index in [1.807, 2.05) is 0 Å². The van der Waals surface area contributed by atoms with Crippen LogP contribution in [0.25, 0.3) is 11.1 Å². The second kappa shape index (κ2) is 4.14. The largest absolute Gasteiger partial charge is 0.419 e. The van der Waals surface area contributed by atoms with E-state index < -0.39 is 15.8 Å². The highest BCUT2D eigenvalue weighted by Crippen LogP contribution is 2.24. The first-order valence-electron chi connectivity index (χ1n) is 5.25. The third-order valence-corrected chi connectivity index (χ3v) is 4.05. The van der Waals surface area contributed by atoms with Crippen LogP contribution in [0.3, 0.4) is 0 Å². The van der Waals surface area contributed by atoms with Crippen LogP contribution in [0, 0.1) is 0 Å². The summed E-state index contributed by atoms with van der Waals surface area (Å²) in [7, 11) is -2.13. The summed E-state index contributed by atoms with van der Waals surface area (Å²) in [4.78, 5) is 11.3. The molecule has 0 atom stereocenters. The molecule has 0 fully saturated rings. The molecular formula is C10H13N3O4S. The van der Waals surface area contributed by atoms with Crippen LogP contribution >= 0.6 is 0 Å². The van der Waals surface area contributed by atoms with Gasteiger partial charge in [-0.05, 0) is 6.07 Å². The van der Waals surface area contributed by atoms with Crippen LogP contribution in [0.1, 0.15) is 6.92 Å². The Balaban J connectivity index is 2.75. The Morgan fingerprint density at radius 2 is 2.11 bits per heavy atom. The molecule has 1 aromatic carbocycles. The number of benzene rings is 1. The lowest BCUT2D eigenvalue weighted by atomic mass is 10.3. The molecule has 8 heteroatoms. The number of fused-ring (bicyclic) bond motifs is 1. The predicted octanol–water partition coefficient (Wildman–Crippen LogP) is 0.0119. The van der Waals surface area contributed by atoms with Gasteiger partial charge in [0.25, 0.3) is 0 Å². The molecule has 0 aliphatic carbocycles. The highest BCUT2D eigenvalue weighted by atomic mass is 32.2. The van der Waals surface area contributed by atoms with E-state index in [1.54, 1.807) is 6.92 Å². The highest BCUT2D eigenvalue weighted by molar-refractivity contribution is 7.89. The fourth-order valence-electron chi connectivity index (χ4n) is 1.72. The van der Waals surface area contributed by atoms with E-state index >= 15 is 0 Å². The van der Waals surface area contributed by atoms with Crippen molar-refractivity contribution in [2.45, 2.75) is 11.8 Å². The minimum atomic E-state index is -3.63. The second-order valence-corrected chi connectivity index (χ2v) is 5.55. The summed E-state index contributed by atoms with van der Waals surface area (Å²) in [6, 6.07) is 2.58. The summed E-state index contributed by atoms with van der Waals surface area (Å²) in [6.07, 6.45) is 0. The summed E-state index contributed by atoms with van der Waals surface area (Å²) >= 11 is 0. The third kappa shape index (κ3) is 1.89. The molecule has 0 radical (unpaired) electrons. The van der Waals surface area contributed by atoms with E-state index in [9.17, 15) is 13.2 Å². The number of hydrogen-bond acceptors (Lipinski definition) is 5. The van der Waals surface area contributed by atoms with Gasteiger partial charge in [0.2, 0.25) is 10.0 Å². The summed E-state index contributed by atoms with van der Waals surface area (Å²) in [5.74, 6) is -0.588. The van der Waals surface area contributed by atoms with Crippen molar-refractivity contribution in [1.82, 2.24) is 9.29 Å². The Bertz CT molecular complexity index is 757. The summed E-state index contributed by atoms with van der Waals surface area (Å²) in [5.41, 5.74) is 6.47. The second-order valence-electron chi connectivity index (χ2n) is 3.79. The first-order chi connectivity index (χ1) is 8.36. The topological polar surface area (TPSA) is 107 Å². The Kier molecular flexibility index (Phi) is 2.91. The maximum absolute atomic E-state index is 11.8. The molecule has 0 saturated heterocycles. The lowest BCUT2D eigenvalue weighted by molar-refractivity contribution is 0.527. The van der Waals surface area contributed by atoms with Gasteiger partial charge in [0.15, 0.2) is 5.58 Å². The van der Waals surface area contributed by atoms with Crippen LogP contribution in [-0.2, 0) is 17.1 Å². The van der Waals surface area contributed by atoms with Gasteiger partial charge in [-0.25, -0.2) is 17.9 Å². The van der Waals surface area contributed by atoms with Gasteiger partial charge < -0.3 is 10.2 Å². The lowest BCUT2D eigenvalue weighted by Gasteiger charge is -2.06. The zero-order valence-electron chi connectivity index (χ0n) is 9.93. The molecule has 2 rings (SSSR count). The fourth-order valence-corrected chi connectivity index (χ4v) is 2.81. The third-order valence-electron chi connectivity index (χ3n) is 2.53. The van der Waals surface area contributed by atoms with Crippen LogP contribution in [0.2, 0.25) is 0 Å². The van der Waals surface area contributed by atoms with Gasteiger partial charge in [-0.3, -0.25) is 4.57 Å². The first-order valence-corrected chi connectivity index (χ1v) is 6.74. The van der Waals surface area contributed by atoms with Crippen molar-refractivity contribution >= 4 is 26.8 Å². The number of sulfonamides is 1. The molecule has 0 bridgehead atoms. The molecule has 0 unspecified atom stereocenters. The zero-order valence-corrected chi connectivity index (χ0v) is 10.7. The van der Waals surface area contributed by atoms with E-state index in [1.165, 1.54) is 23.7 Å². The molecule has 0 amide bonds. The normalized spacial score (nSPS) is 12.1. The molecule has 0 saturated carbocycles. The Labute approximate surface area is 103 Å². The summed E-state index contributed by atoms with van der Waals surface area (Å²) in [5, 5.41) is 0. The first kappa shape index (κ1) is 12.7. The van der Waals surface area contributed by atoms with Crippen molar-refractivity contribution in [3.63, 3.8) is 0 Å². The van der Waals surface area contributed by atoms with Crippen LogP contribution in [0.5, 0.6) is 0 Å². The van der Waals surface area contributed by atoms with E-state index in [0.29, 0.717) is 5.52 Å². The van der Waals surface area contributed by atoms with Gasteiger partial charge in [-0.1, -0.05) is 6.92 Å². The minimum Gasteiger partial charge on any atom is -0.408 e. The highest BCUT2D eigenvalue weighted by Gasteiger charge is 2.18. The average molecular weight is 271 g/mol. The van der Waals surface area contributed by atoms with Gasteiger partial charge in [0.1, 0.15) is 5.52 Å². The average Bonchev–Trinajstić information content (AvgIpc) is 2.55. The van der Waals surface area contributed by atoms with Crippen molar-refractivity contribution < 1.29 is 12.8 Å². The summed E-state index contributed by atoms with van der Waals surface area (Å²) < 4.78 is 32.2. The monoisotopic (exact) mass is 271 g/mol. The number of nitrogen functional groups attached to an aromatic ring is 1. The standard InChI is InChI=1S/C10H13N3O4S/c1-3-12-18(15,16)6-4-7(11)9-8(5-6)17-10(14)13(9)2/h4-5,12H,3,11H2,1-2H3. The number of anilines is 1. The summed E-state index contributed by atoms with van der Waals surface area (Å²) in [6.45, 7) is 1.93. The Hall–Kier alpha value is -1.80. The molecule has 18 heavy (non-hydrogen) atoms. The number of rotatable bonds is 3. The number of nitrogens with zero attached hydrogens (tertiary/aromatic N) is 1. The number of aryl methyl sites for hydroxylation is 1. The van der Waals surface area contributed by atoms with Gasteiger partial charge in [0, 0.05) is 19.7 Å². The van der Waals surface area contributed by atoms with Gasteiger partial charge in [-0.2, -0.15) is 0 Å². The van der Waals surface area contributed by atoms with E-state index in [2.05, 4.69) is 4.72 Å². The molecule has 0 aliphatic heterocycles. The molecule has 7 nitrogen and oxygen atoms in total. The number of oxazole rings is 1. The van der Waals surface area contributed by atoms with Gasteiger partial charge >= 0.3 is 5.76 Å².